The van der Waals surface area contributed by atoms with Crippen LogP contribution in [0.1, 0.15) is 43.4 Å². The summed E-state index contributed by atoms with van der Waals surface area (Å²) in [5, 5.41) is 6.42. The van der Waals surface area contributed by atoms with Crippen LogP contribution >= 0.6 is 11.3 Å². The predicted octanol–water partition coefficient (Wildman–Crippen LogP) is 2.41. The zero-order valence-corrected chi connectivity index (χ0v) is 12.2. The highest BCUT2D eigenvalue weighted by Gasteiger charge is 2.19. The Labute approximate surface area is 113 Å². The molecule has 18 heavy (non-hydrogen) atoms. The van der Waals surface area contributed by atoms with Crippen LogP contribution < -0.4 is 10.6 Å². The van der Waals surface area contributed by atoms with Gasteiger partial charge in [-0.1, -0.05) is 20.8 Å². The lowest BCUT2D eigenvalue weighted by Gasteiger charge is -2.23. The maximum absolute atomic E-state index is 11.1. The summed E-state index contributed by atoms with van der Waals surface area (Å²) in [4.78, 5) is 13.9. The lowest BCUT2D eigenvalue weighted by Crippen LogP contribution is -2.45. The molecule has 1 aliphatic heterocycles. The van der Waals surface area contributed by atoms with Gasteiger partial charge < -0.3 is 10.6 Å². The molecule has 1 amide bonds. The fraction of sp³-hybridized carbons (Fsp3) is 0.643. The SMILES string of the molecule is CC(C)(C)c1ccc(CNC2CCC(=O)NC2)s1. The number of piperidine rings is 1. The van der Waals surface area contributed by atoms with Crippen molar-refractivity contribution in [2.24, 2.45) is 0 Å². The summed E-state index contributed by atoms with van der Waals surface area (Å²) < 4.78 is 0. The number of amides is 1. The van der Waals surface area contributed by atoms with Crippen LogP contribution in [0.3, 0.4) is 0 Å². The van der Waals surface area contributed by atoms with Crippen molar-refractivity contribution in [2.45, 2.75) is 51.6 Å². The van der Waals surface area contributed by atoms with Crippen LogP contribution in [0.4, 0.5) is 0 Å². The van der Waals surface area contributed by atoms with Crippen LogP contribution in [0.15, 0.2) is 12.1 Å². The summed E-state index contributed by atoms with van der Waals surface area (Å²) in [5.41, 5.74) is 0.238. The Morgan fingerprint density at radius 2 is 2.22 bits per heavy atom. The van der Waals surface area contributed by atoms with E-state index >= 15 is 0 Å². The molecule has 0 aromatic carbocycles. The largest absolute Gasteiger partial charge is 0.355 e. The van der Waals surface area contributed by atoms with Crippen LogP contribution in [0.2, 0.25) is 0 Å². The molecule has 0 aliphatic carbocycles. The van der Waals surface area contributed by atoms with E-state index in [4.69, 9.17) is 0 Å². The van der Waals surface area contributed by atoms with E-state index in [1.165, 1.54) is 9.75 Å². The summed E-state index contributed by atoms with van der Waals surface area (Å²) in [6.07, 6.45) is 1.60. The molecular formula is C14H22N2OS. The highest BCUT2D eigenvalue weighted by molar-refractivity contribution is 7.12. The molecule has 1 aromatic rings. The number of hydrogen-bond acceptors (Lipinski definition) is 3. The Morgan fingerprint density at radius 1 is 1.44 bits per heavy atom. The average Bonchev–Trinajstić information content (AvgIpc) is 2.77. The van der Waals surface area contributed by atoms with Crippen molar-refractivity contribution in [3.8, 4) is 0 Å². The van der Waals surface area contributed by atoms with Crippen molar-refractivity contribution in [1.82, 2.24) is 10.6 Å². The van der Waals surface area contributed by atoms with E-state index < -0.39 is 0 Å². The molecule has 1 aliphatic rings. The van der Waals surface area contributed by atoms with Gasteiger partial charge in [-0.05, 0) is 24.0 Å². The van der Waals surface area contributed by atoms with Crippen molar-refractivity contribution in [3.63, 3.8) is 0 Å². The summed E-state index contributed by atoms with van der Waals surface area (Å²) in [6.45, 7) is 8.39. The maximum Gasteiger partial charge on any atom is 0.220 e. The first-order valence-corrected chi connectivity index (χ1v) is 7.36. The number of thiophene rings is 1. The Morgan fingerprint density at radius 3 is 2.78 bits per heavy atom. The molecule has 1 aromatic heterocycles. The molecule has 100 valence electrons. The second-order valence-electron chi connectivity index (χ2n) is 5.94. The zero-order valence-electron chi connectivity index (χ0n) is 11.4. The summed E-state index contributed by atoms with van der Waals surface area (Å²) in [6, 6.07) is 4.85. The summed E-state index contributed by atoms with van der Waals surface area (Å²) in [7, 11) is 0. The average molecular weight is 266 g/mol. The van der Waals surface area contributed by atoms with Gasteiger partial charge in [0.2, 0.25) is 5.91 Å². The van der Waals surface area contributed by atoms with Gasteiger partial charge in [0.1, 0.15) is 0 Å². The number of carbonyl (C=O) groups excluding carboxylic acids is 1. The third-order valence-electron chi connectivity index (χ3n) is 3.23. The molecule has 0 saturated carbocycles. The minimum Gasteiger partial charge on any atom is -0.355 e. The second-order valence-corrected chi connectivity index (χ2v) is 7.10. The van der Waals surface area contributed by atoms with E-state index in [9.17, 15) is 4.79 Å². The van der Waals surface area contributed by atoms with Crippen molar-refractivity contribution >= 4 is 17.2 Å². The zero-order chi connectivity index (χ0) is 13.2. The minimum absolute atomic E-state index is 0.180. The molecule has 4 heteroatoms. The minimum atomic E-state index is 0.180. The van der Waals surface area contributed by atoms with Gasteiger partial charge in [-0.2, -0.15) is 0 Å². The van der Waals surface area contributed by atoms with E-state index in [1.54, 1.807) is 0 Å². The van der Waals surface area contributed by atoms with Gasteiger partial charge >= 0.3 is 0 Å². The third-order valence-corrected chi connectivity index (χ3v) is 4.74. The van der Waals surface area contributed by atoms with Gasteiger partial charge in [0.15, 0.2) is 0 Å². The van der Waals surface area contributed by atoms with Crippen molar-refractivity contribution in [2.75, 3.05) is 6.54 Å². The quantitative estimate of drug-likeness (QED) is 0.882. The molecule has 2 heterocycles. The Kier molecular flexibility index (Phi) is 4.07. The predicted molar refractivity (Wildman–Crippen MR) is 75.9 cm³/mol. The molecule has 1 atom stereocenters. The molecule has 2 rings (SSSR count). The van der Waals surface area contributed by atoms with Crippen molar-refractivity contribution in [3.05, 3.63) is 21.9 Å². The molecule has 3 nitrogen and oxygen atoms in total. The van der Waals surface area contributed by atoms with Crippen LogP contribution in [0.25, 0.3) is 0 Å². The van der Waals surface area contributed by atoms with Gasteiger partial charge in [0.05, 0.1) is 0 Å². The lowest BCUT2D eigenvalue weighted by atomic mass is 9.95. The van der Waals surface area contributed by atoms with Crippen LogP contribution in [-0.2, 0) is 16.8 Å². The normalized spacial score (nSPS) is 20.8. The molecule has 1 fully saturated rings. The molecule has 0 radical (unpaired) electrons. The van der Waals surface area contributed by atoms with Gasteiger partial charge in [-0.15, -0.1) is 11.3 Å². The van der Waals surface area contributed by atoms with E-state index in [-0.39, 0.29) is 11.3 Å². The van der Waals surface area contributed by atoms with E-state index in [2.05, 4.69) is 43.5 Å². The molecular weight excluding hydrogens is 244 g/mol. The van der Waals surface area contributed by atoms with Crippen molar-refractivity contribution < 1.29 is 4.79 Å². The van der Waals surface area contributed by atoms with Crippen LogP contribution in [-0.4, -0.2) is 18.5 Å². The Bertz CT molecular complexity index is 410. The first kappa shape index (κ1) is 13.6. The summed E-state index contributed by atoms with van der Waals surface area (Å²) in [5.74, 6) is 0.180. The molecule has 0 spiro atoms. The molecule has 0 bridgehead atoms. The summed E-state index contributed by atoms with van der Waals surface area (Å²) >= 11 is 1.88. The lowest BCUT2D eigenvalue weighted by molar-refractivity contribution is -0.122. The van der Waals surface area contributed by atoms with E-state index in [1.807, 2.05) is 11.3 Å². The van der Waals surface area contributed by atoms with Crippen LogP contribution in [0, 0.1) is 0 Å². The molecule has 1 unspecified atom stereocenters. The van der Waals surface area contributed by atoms with E-state index in [0.29, 0.717) is 12.5 Å². The van der Waals surface area contributed by atoms with Gasteiger partial charge in [-0.3, -0.25) is 4.79 Å². The third kappa shape index (κ3) is 3.56. The fourth-order valence-electron chi connectivity index (χ4n) is 2.03. The van der Waals surface area contributed by atoms with Gasteiger partial charge in [0.25, 0.3) is 0 Å². The highest BCUT2D eigenvalue weighted by Crippen LogP contribution is 2.29. The van der Waals surface area contributed by atoms with Crippen LogP contribution in [0.5, 0.6) is 0 Å². The Hall–Kier alpha value is -0.870. The van der Waals surface area contributed by atoms with Gasteiger partial charge in [0, 0.05) is 35.3 Å². The fourth-order valence-corrected chi connectivity index (χ4v) is 3.04. The number of hydrogen-bond donors (Lipinski definition) is 2. The molecule has 1 saturated heterocycles. The first-order valence-electron chi connectivity index (χ1n) is 6.54. The number of nitrogens with one attached hydrogen (secondary N) is 2. The number of rotatable bonds is 3. The first-order chi connectivity index (χ1) is 8.45. The number of carbonyl (C=O) groups is 1. The maximum atomic E-state index is 11.1. The molecule has 2 N–H and O–H groups in total. The Balaban J connectivity index is 1.83. The standard InChI is InChI=1S/C14H22N2OS/c1-14(2,3)12-6-5-11(18-12)9-15-10-4-7-13(17)16-8-10/h5-6,10,15H,4,7-9H2,1-3H3,(H,16,17). The monoisotopic (exact) mass is 266 g/mol. The van der Waals surface area contributed by atoms with E-state index in [0.717, 1.165) is 19.5 Å². The second kappa shape index (κ2) is 5.41. The highest BCUT2D eigenvalue weighted by atomic mass is 32.1. The van der Waals surface area contributed by atoms with Gasteiger partial charge in [-0.25, -0.2) is 0 Å². The topological polar surface area (TPSA) is 41.1 Å². The smallest absolute Gasteiger partial charge is 0.220 e. The van der Waals surface area contributed by atoms with Crippen molar-refractivity contribution in [1.29, 1.82) is 0 Å².